The minimum atomic E-state index is -0.354. The summed E-state index contributed by atoms with van der Waals surface area (Å²) >= 11 is 1.36. The van der Waals surface area contributed by atoms with Crippen LogP contribution in [0.2, 0.25) is 0 Å². The molecule has 28 heavy (non-hydrogen) atoms. The monoisotopic (exact) mass is 391 g/mol. The molecule has 0 spiro atoms. The number of thiazole rings is 1. The van der Waals surface area contributed by atoms with Gasteiger partial charge in [-0.25, -0.2) is 9.97 Å². The first-order valence-corrected chi connectivity index (χ1v) is 9.39. The number of benzene rings is 1. The van der Waals surface area contributed by atoms with Crippen LogP contribution < -0.4 is 5.32 Å². The fraction of sp³-hybridized carbons (Fsp3) is 0.100. The molecular weight excluding hydrogens is 374 g/mol. The number of imidazole rings is 1. The van der Waals surface area contributed by atoms with Crippen LogP contribution in [0.3, 0.4) is 0 Å². The SMILES string of the molecule is CC(=O)c1c[nH]c(C(=O)Nc2nc(-c3ccccc3)c(-c3nccn3C)s2)c1. The van der Waals surface area contributed by atoms with Crippen molar-refractivity contribution in [3.8, 4) is 22.0 Å². The lowest BCUT2D eigenvalue weighted by molar-refractivity contribution is 0.101. The first-order chi connectivity index (χ1) is 13.5. The van der Waals surface area contributed by atoms with E-state index in [-0.39, 0.29) is 11.7 Å². The Morgan fingerprint density at radius 2 is 2.00 bits per heavy atom. The number of carbonyl (C=O) groups is 2. The molecule has 0 atom stereocenters. The van der Waals surface area contributed by atoms with E-state index in [1.807, 2.05) is 48.1 Å². The van der Waals surface area contributed by atoms with Gasteiger partial charge in [-0.3, -0.25) is 14.9 Å². The standard InChI is InChI=1S/C20H17N5O2S/c1-12(26)14-10-15(22-11-14)19(27)24-20-23-16(13-6-4-3-5-7-13)17(28-20)18-21-8-9-25(18)2/h3-11,22H,1-2H3,(H,23,24,27). The van der Waals surface area contributed by atoms with Crippen LogP contribution in [-0.2, 0) is 7.05 Å². The largest absolute Gasteiger partial charge is 0.356 e. The summed E-state index contributed by atoms with van der Waals surface area (Å²) in [5, 5.41) is 3.27. The van der Waals surface area contributed by atoms with Crippen LogP contribution in [0.15, 0.2) is 55.0 Å². The Morgan fingerprint density at radius 3 is 2.64 bits per heavy atom. The molecule has 0 saturated heterocycles. The molecule has 0 aliphatic carbocycles. The molecule has 8 heteroatoms. The number of hydrogen-bond acceptors (Lipinski definition) is 5. The van der Waals surface area contributed by atoms with Gasteiger partial charge in [-0.05, 0) is 13.0 Å². The van der Waals surface area contributed by atoms with Crippen molar-refractivity contribution >= 4 is 28.2 Å². The Hall–Kier alpha value is -3.52. The molecule has 1 aromatic carbocycles. The summed E-state index contributed by atoms with van der Waals surface area (Å²) in [5.74, 6) is 0.316. The first kappa shape index (κ1) is 17.9. The molecule has 1 amide bonds. The zero-order chi connectivity index (χ0) is 19.7. The Bertz CT molecular complexity index is 1160. The number of nitrogens with zero attached hydrogens (tertiary/aromatic N) is 3. The number of Topliss-reactive ketones (excluding diaryl/α,β-unsaturated/α-hetero) is 1. The van der Waals surface area contributed by atoms with Gasteiger partial charge in [0.05, 0.1) is 10.6 Å². The van der Waals surface area contributed by atoms with Gasteiger partial charge in [0, 0.05) is 36.8 Å². The summed E-state index contributed by atoms with van der Waals surface area (Å²) in [7, 11) is 1.91. The van der Waals surface area contributed by atoms with Gasteiger partial charge in [0.1, 0.15) is 5.69 Å². The van der Waals surface area contributed by atoms with E-state index in [0.29, 0.717) is 16.4 Å². The molecule has 0 saturated carbocycles. The third-order valence-electron chi connectivity index (χ3n) is 4.25. The van der Waals surface area contributed by atoms with Gasteiger partial charge in [-0.1, -0.05) is 41.7 Å². The average Bonchev–Trinajstić information content (AvgIpc) is 3.41. The number of rotatable bonds is 5. The van der Waals surface area contributed by atoms with E-state index in [2.05, 4.69) is 20.3 Å². The lowest BCUT2D eigenvalue weighted by atomic mass is 10.1. The highest BCUT2D eigenvalue weighted by molar-refractivity contribution is 7.19. The third kappa shape index (κ3) is 3.37. The molecular formula is C20H17N5O2S. The molecule has 0 fully saturated rings. The highest BCUT2D eigenvalue weighted by Crippen LogP contribution is 2.38. The molecule has 4 rings (SSSR count). The van der Waals surface area contributed by atoms with E-state index in [9.17, 15) is 9.59 Å². The first-order valence-electron chi connectivity index (χ1n) is 8.57. The maximum atomic E-state index is 12.6. The van der Waals surface area contributed by atoms with Crippen molar-refractivity contribution in [1.29, 1.82) is 0 Å². The second-order valence-electron chi connectivity index (χ2n) is 6.24. The van der Waals surface area contributed by atoms with Crippen LogP contribution >= 0.6 is 11.3 Å². The van der Waals surface area contributed by atoms with Crippen molar-refractivity contribution in [2.75, 3.05) is 5.32 Å². The Labute approximate surface area is 165 Å². The van der Waals surface area contributed by atoms with Crippen molar-refractivity contribution < 1.29 is 9.59 Å². The number of H-pyrrole nitrogens is 1. The number of anilines is 1. The second-order valence-corrected chi connectivity index (χ2v) is 7.24. The van der Waals surface area contributed by atoms with Crippen LogP contribution in [0.4, 0.5) is 5.13 Å². The van der Waals surface area contributed by atoms with E-state index in [4.69, 9.17) is 0 Å². The maximum absolute atomic E-state index is 12.6. The van der Waals surface area contributed by atoms with Crippen LogP contribution in [0.5, 0.6) is 0 Å². The quantitative estimate of drug-likeness (QED) is 0.503. The number of carbonyl (C=O) groups excluding carboxylic acids is 2. The molecule has 0 bridgehead atoms. The summed E-state index contributed by atoms with van der Waals surface area (Å²) in [6.07, 6.45) is 5.11. The summed E-state index contributed by atoms with van der Waals surface area (Å²) in [6, 6.07) is 11.3. The Morgan fingerprint density at radius 1 is 1.21 bits per heavy atom. The van der Waals surface area contributed by atoms with Gasteiger partial charge < -0.3 is 9.55 Å². The fourth-order valence-electron chi connectivity index (χ4n) is 2.79. The minimum Gasteiger partial charge on any atom is -0.356 e. The number of amides is 1. The highest BCUT2D eigenvalue weighted by atomic mass is 32.1. The van der Waals surface area contributed by atoms with E-state index >= 15 is 0 Å². The van der Waals surface area contributed by atoms with Gasteiger partial charge in [0.15, 0.2) is 16.7 Å². The van der Waals surface area contributed by atoms with E-state index in [1.165, 1.54) is 30.5 Å². The summed E-state index contributed by atoms with van der Waals surface area (Å²) in [5.41, 5.74) is 2.46. The van der Waals surface area contributed by atoms with Crippen LogP contribution in [-0.4, -0.2) is 31.2 Å². The molecule has 4 aromatic rings. The molecule has 0 aliphatic rings. The number of aromatic nitrogens is 4. The van der Waals surface area contributed by atoms with Gasteiger partial charge in [0.2, 0.25) is 0 Å². The third-order valence-corrected chi connectivity index (χ3v) is 5.22. The summed E-state index contributed by atoms with van der Waals surface area (Å²) in [6.45, 7) is 1.46. The second kappa shape index (κ2) is 7.24. The zero-order valence-electron chi connectivity index (χ0n) is 15.3. The van der Waals surface area contributed by atoms with Crippen LogP contribution in [0, 0.1) is 0 Å². The predicted molar refractivity (Wildman–Crippen MR) is 109 cm³/mol. The van der Waals surface area contributed by atoms with Crippen molar-refractivity contribution in [1.82, 2.24) is 19.5 Å². The van der Waals surface area contributed by atoms with Crippen molar-refractivity contribution in [2.24, 2.45) is 7.05 Å². The van der Waals surface area contributed by atoms with E-state index < -0.39 is 0 Å². The predicted octanol–water partition coefficient (Wildman–Crippen LogP) is 3.99. The van der Waals surface area contributed by atoms with E-state index in [0.717, 1.165) is 22.0 Å². The molecule has 0 aliphatic heterocycles. The van der Waals surface area contributed by atoms with Gasteiger partial charge >= 0.3 is 0 Å². The minimum absolute atomic E-state index is 0.104. The molecule has 140 valence electrons. The van der Waals surface area contributed by atoms with Crippen LogP contribution in [0.1, 0.15) is 27.8 Å². The normalized spacial score (nSPS) is 10.8. The van der Waals surface area contributed by atoms with Gasteiger partial charge in [0.25, 0.3) is 5.91 Å². The summed E-state index contributed by atoms with van der Waals surface area (Å²) < 4.78 is 1.91. The Balaban J connectivity index is 1.70. The maximum Gasteiger partial charge on any atom is 0.273 e. The van der Waals surface area contributed by atoms with Gasteiger partial charge in [-0.2, -0.15) is 0 Å². The smallest absolute Gasteiger partial charge is 0.273 e. The zero-order valence-corrected chi connectivity index (χ0v) is 16.1. The topological polar surface area (TPSA) is 92.7 Å². The average molecular weight is 391 g/mol. The number of aryl methyl sites for hydroxylation is 1. The molecule has 3 heterocycles. The van der Waals surface area contributed by atoms with Crippen LogP contribution in [0.25, 0.3) is 22.0 Å². The number of aromatic amines is 1. The highest BCUT2D eigenvalue weighted by Gasteiger charge is 2.20. The van der Waals surface area contributed by atoms with E-state index in [1.54, 1.807) is 6.20 Å². The van der Waals surface area contributed by atoms with Crippen molar-refractivity contribution in [2.45, 2.75) is 6.92 Å². The molecule has 0 unspecified atom stereocenters. The number of nitrogens with one attached hydrogen (secondary N) is 2. The van der Waals surface area contributed by atoms with Crippen molar-refractivity contribution in [3.05, 3.63) is 66.2 Å². The lowest BCUT2D eigenvalue weighted by Gasteiger charge is -2.02. The number of hydrogen-bond donors (Lipinski definition) is 2. The van der Waals surface area contributed by atoms with Crippen molar-refractivity contribution in [3.63, 3.8) is 0 Å². The fourth-order valence-corrected chi connectivity index (χ4v) is 3.82. The molecule has 2 N–H and O–H groups in total. The summed E-state index contributed by atoms with van der Waals surface area (Å²) in [4.78, 5) is 36.7. The molecule has 3 aromatic heterocycles. The molecule has 0 radical (unpaired) electrons. The number of ketones is 1. The lowest BCUT2D eigenvalue weighted by Crippen LogP contribution is -2.11. The molecule has 7 nitrogen and oxygen atoms in total. The van der Waals surface area contributed by atoms with Gasteiger partial charge in [-0.15, -0.1) is 0 Å². The Kier molecular flexibility index (Phi) is 4.62.